The number of benzene rings is 1. The van der Waals surface area contributed by atoms with Gasteiger partial charge in [-0.05, 0) is 26.1 Å². The first-order chi connectivity index (χ1) is 8.13. The molecule has 0 atom stereocenters. The Hall–Kier alpha value is -1.55. The number of carbonyl (C=O) groups is 1. The highest BCUT2D eigenvalue weighted by Gasteiger charge is 2.06. The van der Waals surface area contributed by atoms with Gasteiger partial charge < -0.3 is 15.0 Å². The van der Waals surface area contributed by atoms with Crippen LogP contribution in [0.4, 0.5) is 0 Å². The zero-order valence-corrected chi connectivity index (χ0v) is 10.7. The highest BCUT2D eigenvalue weighted by molar-refractivity contribution is 5.77. The predicted octanol–water partition coefficient (Wildman–Crippen LogP) is 1.05. The summed E-state index contributed by atoms with van der Waals surface area (Å²) in [5, 5.41) is 2.83. The molecule has 0 unspecified atom stereocenters. The van der Waals surface area contributed by atoms with Gasteiger partial charge in [-0.3, -0.25) is 4.79 Å². The summed E-state index contributed by atoms with van der Waals surface area (Å²) in [5.74, 6) is 0.907. The van der Waals surface area contributed by atoms with E-state index in [-0.39, 0.29) is 5.91 Å². The van der Waals surface area contributed by atoms with Crippen molar-refractivity contribution in [1.29, 1.82) is 0 Å². The second-order valence-corrected chi connectivity index (χ2v) is 4.01. The van der Waals surface area contributed by atoms with Gasteiger partial charge in [0, 0.05) is 7.05 Å². The Kier molecular flexibility index (Phi) is 5.49. The van der Waals surface area contributed by atoms with Crippen molar-refractivity contribution < 1.29 is 9.53 Å². The summed E-state index contributed by atoms with van der Waals surface area (Å²) in [5.41, 5.74) is 1.21. The SMILES string of the molecule is CNCC(=O)N(C)CCOc1ccc(C)cc1. The maximum absolute atomic E-state index is 11.4. The Bertz CT molecular complexity index is 349. The maximum atomic E-state index is 11.4. The summed E-state index contributed by atoms with van der Waals surface area (Å²) in [6.45, 7) is 3.50. The molecule has 4 heteroatoms. The fourth-order valence-corrected chi connectivity index (χ4v) is 1.35. The first-order valence-electron chi connectivity index (χ1n) is 5.71. The fraction of sp³-hybridized carbons (Fsp3) is 0.462. The van der Waals surface area contributed by atoms with Gasteiger partial charge in [-0.1, -0.05) is 17.7 Å². The van der Waals surface area contributed by atoms with E-state index < -0.39 is 0 Å². The normalized spacial score (nSPS) is 10.1. The van der Waals surface area contributed by atoms with Gasteiger partial charge in [-0.15, -0.1) is 0 Å². The summed E-state index contributed by atoms with van der Waals surface area (Å²) in [4.78, 5) is 13.1. The van der Waals surface area contributed by atoms with Crippen LogP contribution in [0.2, 0.25) is 0 Å². The molecule has 0 aliphatic heterocycles. The zero-order valence-electron chi connectivity index (χ0n) is 10.7. The van der Waals surface area contributed by atoms with Crippen LogP contribution >= 0.6 is 0 Å². The third-order valence-electron chi connectivity index (χ3n) is 2.47. The molecule has 0 aromatic heterocycles. The van der Waals surface area contributed by atoms with Crippen molar-refractivity contribution >= 4 is 5.91 Å². The average Bonchev–Trinajstić information content (AvgIpc) is 2.32. The van der Waals surface area contributed by atoms with E-state index in [0.29, 0.717) is 19.7 Å². The molecule has 0 heterocycles. The topological polar surface area (TPSA) is 41.6 Å². The van der Waals surface area contributed by atoms with Crippen molar-refractivity contribution in [1.82, 2.24) is 10.2 Å². The molecule has 0 aliphatic carbocycles. The van der Waals surface area contributed by atoms with Gasteiger partial charge in [-0.25, -0.2) is 0 Å². The van der Waals surface area contributed by atoms with E-state index in [1.807, 2.05) is 31.2 Å². The molecule has 0 radical (unpaired) electrons. The highest BCUT2D eigenvalue weighted by Crippen LogP contribution is 2.10. The van der Waals surface area contributed by atoms with Crippen LogP contribution < -0.4 is 10.1 Å². The number of nitrogens with zero attached hydrogens (tertiary/aromatic N) is 1. The van der Waals surface area contributed by atoms with Gasteiger partial charge >= 0.3 is 0 Å². The van der Waals surface area contributed by atoms with Crippen LogP contribution in [0, 0.1) is 6.92 Å². The smallest absolute Gasteiger partial charge is 0.236 e. The first kappa shape index (κ1) is 13.5. The second-order valence-electron chi connectivity index (χ2n) is 4.01. The zero-order chi connectivity index (χ0) is 12.7. The quantitative estimate of drug-likeness (QED) is 0.802. The van der Waals surface area contributed by atoms with Crippen LogP contribution in [0.25, 0.3) is 0 Å². The summed E-state index contributed by atoms with van der Waals surface area (Å²) in [6.07, 6.45) is 0. The Morgan fingerprint density at radius 2 is 2.00 bits per heavy atom. The van der Waals surface area contributed by atoms with Gasteiger partial charge in [0.05, 0.1) is 13.1 Å². The van der Waals surface area contributed by atoms with E-state index in [9.17, 15) is 4.79 Å². The summed E-state index contributed by atoms with van der Waals surface area (Å²) in [6, 6.07) is 7.88. The van der Waals surface area contributed by atoms with Crippen LogP contribution in [0.15, 0.2) is 24.3 Å². The lowest BCUT2D eigenvalue weighted by Gasteiger charge is -2.17. The lowest BCUT2D eigenvalue weighted by molar-refractivity contribution is -0.129. The molecular weight excluding hydrogens is 216 g/mol. The van der Waals surface area contributed by atoms with Crippen molar-refractivity contribution in [2.45, 2.75) is 6.92 Å². The summed E-state index contributed by atoms with van der Waals surface area (Å²) >= 11 is 0. The van der Waals surface area contributed by atoms with Crippen molar-refractivity contribution in [2.75, 3.05) is 33.8 Å². The average molecular weight is 236 g/mol. The van der Waals surface area contributed by atoms with E-state index in [0.717, 1.165) is 5.75 Å². The summed E-state index contributed by atoms with van der Waals surface area (Å²) in [7, 11) is 3.53. The van der Waals surface area contributed by atoms with E-state index >= 15 is 0 Å². The highest BCUT2D eigenvalue weighted by atomic mass is 16.5. The van der Waals surface area contributed by atoms with Gasteiger partial charge in [-0.2, -0.15) is 0 Å². The van der Waals surface area contributed by atoms with Crippen molar-refractivity contribution in [3.63, 3.8) is 0 Å². The largest absolute Gasteiger partial charge is 0.492 e. The Labute approximate surface area is 103 Å². The molecule has 0 aliphatic rings. The number of amides is 1. The molecule has 1 rings (SSSR count). The number of carbonyl (C=O) groups excluding carboxylic acids is 1. The van der Waals surface area contributed by atoms with Gasteiger partial charge in [0.25, 0.3) is 0 Å². The van der Waals surface area contributed by atoms with Crippen molar-refractivity contribution in [3.8, 4) is 5.75 Å². The Morgan fingerprint density at radius 1 is 1.35 bits per heavy atom. The number of nitrogens with one attached hydrogen (secondary N) is 1. The molecular formula is C13H20N2O2. The van der Waals surface area contributed by atoms with Crippen LogP contribution in [0.3, 0.4) is 0 Å². The summed E-state index contributed by atoms with van der Waals surface area (Å²) < 4.78 is 5.55. The van der Waals surface area contributed by atoms with E-state index in [2.05, 4.69) is 5.32 Å². The second kappa shape index (κ2) is 6.91. The molecule has 0 saturated heterocycles. The van der Waals surface area contributed by atoms with Crippen molar-refractivity contribution in [3.05, 3.63) is 29.8 Å². The number of rotatable bonds is 6. The predicted molar refractivity (Wildman–Crippen MR) is 68.2 cm³/mol. The third kappa shape index (κ3) is 4.87. The Morgan fingerprint density at radius 3 is 2.59 bits per heavy atom. The van der Waals surface area contributed by atoms with E-state index in [1.165, 1.54) is 5.56 Å². The van der Waals surface area contributed by atoms with Crippen LogP contribution in [-0.2, 0) is 4.79 Å². The number of hydrogen-bond donors (Lipinski definition) is 1. The molecule has 0 bridgehead atoms. The fourth-order valence-electron chi connectivity index (χ4n) is 1.35. The van der Waals surface area contributed by atoms with Crippen LogP contribution in [0.1, 0.15) is 5.56 Å². The van der Waals surface area contributed by atoms with E-state index in [4.69, 9.17) is 4.74 Å². The Balaban J connectivity index is 2.27. The van der Waals surface area contributed by atoms with Gasteiger partial charge in [0.2, 0.25) is 5.91 Å². The molecule has 94 valence electrons. The number of ether oxygens (including phenoxy) is 1. The minimum atomic E-state index is 0.0695. The molecule has 1 aromatic carbocycles. The molecule has 17 heavy (non-hydrogen) atoms. The lowest BCUT2D eigenvalue weighted by atomic mass is 10.2. The minimum absolute atomic E-state index is 0.0695. The monoisotopic (exact) mass is 236 g/mol. The molecule has 4 nitrogen and oxygen atoms in total. The first-order valence-corrected chi connectivity index (χ1v) is 5.71. The molecule has 1 aromatic rings. The number of hydrogen-bond acceptors (Lipinski definition) is 3. The van der Waals surface area contributed by atoms with Gasteiger partial charge in [0.1, 0.15) is 12.4 Å². The molecule has 0 saturated carbocycles. The van der Waals surface area contributed by atoms with Crippen LogP contribution in [-0.4, -0.2) is 44.6 Å². The standard InChI is InChI=1S/C13H20N2O2/c1-11-4-6-12(7-5-11)17-9-8-15(3)13(16)10-14-2/h4-7,14H,8-10H2,1-3H3. The lowest BCUT2D eigenvalue weighted by Crippen LogP contribution is -2.36. The number of aryl methyl sites for hydroxylation is 1. The van der Waals surface area contributed by atoms with Gasteiger partial charge in [0.15, 0.2) is 0 Å². The molecule has 0 fully saturated rings. The minimum Gasteiger partial charge on any atom is -0.492 e. The third-order valence-corrected chi connectivity index (χ3v) is 2.47. The molecule has 1 N–H and O–H groups in total. The molecule has 1 amide bonds. The maximum Gasteiger partial charge on any atom is 0.236 e. The van der Waals surface area contributed by atoms with E-state index in [1.54, 1.807) is 19.0 Å². The van der Waals surface area contributed by atoms with Crippen LogP contribution in [0.5, 0.6) is 5.75 Å². The molecule has 0 spiro atoms. The van der Waals surface area contributed by atoms with Crippen molar-refractivity contribution in [2.24, 2.45) is 0 Å². The number of likely N-dealkylation sites (N-methyl/N-ethyl adjacent to an activating group) is 2.